The summed E-state index contributed by atoms with van der Waals surface area (Å²) in [6.45, 7) is 3.19. The van der Waals surface area contributed by atoms with Gasteiger partial charge in [0.05, 0.1) is 0 Å². The van der Waals surface area contributed by atoms with Gasteiger partial charge in [0.2, 0.25) is 0 Å². The fourth-order valence-electron chi connectivity index (χ4n) is 0.510. The first kappa shape index (κ1) is 13.1. The molecule has 5 heteroatoms. The van der Waals surface area contributed by atoms with Gasteiger partial charge in [-0.1, -0.05) is 5.59 Å². The lowest BCUT2D eigenvalue weighted by Gasteiger charge is -1.76. The van der Waals surface area contributed by atoms with E-state index in [9.17, 15) is 0 Å². The van der Waals surface area contributed by atoms with Crippen LogP contribution in [-0.2, 0) is 4.74 Å². The standard InChI is InChI=1S/C4H8O.C2H8N2.HNO/c1-2-4-5-3-1;3-1-2-4;1-2/h1-4H2;1-4H2;1H. The molecule has 0 atom stereocenters. The summed E-state index contributed by atoms with van der Waals surface area (Å²) in [6.07, 6.45) is 2.56. The number of nitrogens with two attached hydrogens (primary N) is 2. The van der Waals surface area contributed by atoms with Crippen LogP contribution in [0.1, 0.15) is 12.8 Å². The molecule has 0 amide bonds. The van der Waals surface area contributed by atoms with Crippen LogP contribution in [0.3, 0.4) is 0 Å². The van der Waals surface area contributed by atoms with Crippen molar-refractivity contribution in [3.05, 3.63) is 4.91 Å². The van der Waals surface area contributed by atoms with Crippen molar-refractivity contribution in [1.82, 2.24) is 0 Å². The van der Waals surface area contributed by atoms with Crippen molar-refractivity contribution in [3.8, 4) is 0 Å². The highest BCUT2D eigenvalue weighted by molar-refractivity contribution is 4.43. The summed E-state index contributed by atoms with van der Waals surface area (Å²) in [7, 11) is 0. The van der Waals surface area contributed by atoms with Gasteiger partial charge < -0.3 is 16.2 Å². The molecule has 5 N–H and O–H groups in total. The maximum absolute atomic E-state index is 7.50. The van der Waals surface area contributed by atoms with E-state index in [0.717, 1.165) is 13.2 Å². The second-order valence-electron chi connectivity index (χ2n) is 1.90. The number of rotatable bonds is 1. The lowest BCUT2D eigenvalue weighted by molar-refractivity contribution is 0.198. The molecule has 0 aromatic rings. The van der Waals surface area contributed by atoms with Crippen LogP contribution in [0.4, 0.5) is 0 Å². The van der Waals surface area contributed by atoms with Crippen molar-refractivity contribution in [2.45, 2.75) is 12.8 Å². The van der Waals surface area contributed by atoms with Gasteiger partial charge in [-0.3, -0.25) is 0 Å². The fourth-order valence-corrected chi connectivity index (χ4v) is 0.510. The first-order chi connectivity index (χ1) is 5.41. The predicted octanol–water partition coefficient (Wildman–Crippen LogP) is 0.0322. The van der Waals surface area contributed by atoms with Gasteiger partial charge in [0.1, 0.15) is 0 Å². The topological polar surface area (TPSA) is 102 Å². The van der Waals surface area contributed by atoms with E-state index in [1.165, 1.54) is 12.8 Å². The van der Waals surface area contributed by atoms with Crippen LogP contribution >= 0.6 is 0 Å². The zero-order valence-corrected chi connectivity index (χ0v) is 6.71. The molecule has 1 aliphatic heterocycles. The van der Waals surface area contributed by atoms with Gasteiger partial charge in [-0.2, -0.15) is 4.91 Å². The number of ether oxygens (including phenoxy) is 1. The first-order valence-electron chi connectivity index (χ1n) is 3.60. The average molecular weight is 163 g/mol. The molecule has 0 spiro atoms. The molecule has 1 rings (SSSR count). The molecule has 1 fully saturated rings. The highest BCUT2D eigenvalue weighted by atomic mass is 16.5. The molecule has 11 heavy (non-hydrogen) atoms. The molecule has 1 saturated heterocycles. The summed E-state index contributed by atoms with van der Waals surface area (Å²) in [6, 6.07) is 0. The van der Waals surface area contributed by atoms with Crippen molar-refractivity contribution in [2.24, 2.45) is 11.5 Å². The van der Waals surface area contributed by atoms with Crippen molar-refractivity contribution in [2.75, 3.05) is 26.3 Å². The smallest absolute Gasteiger partial charge is 0.0466 e. The molecular formula is C6H17N3O2. The summed E-state index contributed by atoms with van der Waals surface area (Å²) in [5.74, 6) is 0. The molecule has 0 unspecified atom stereocenters. The highest BCUT2D eigenvalue weighted by Crippen LogP contribution is 1.98. The Balaban J connectivity index is 0. The first-order valence-corrected chi connectivity index (χ1v) is 3.60. The van der Waals surface area contributed by atoms with Crippen LogP contribution in [0.25, 0.3) is 0 Å². The van der Waals surface area contributed by atoms with E-state index in [2.05, 4.69) is 5.59 Å². The van der Waals surface area contributed by atoms with Gasteiger partial charge >= 0.3 is 0 Å². The van der Waals surface area contributed by atoms with Gasteiger partial charge in [0.25, 0.3) is 0 Å². The number of nitrogens with one attached hydrogen (secondary N) is 1. The molecule has 1 heterocycles. The molecular weight excluding hydrogens is 146 g/mol. The molecule has 68 valence electrons. The van der Waals surface area contributed by atoms with Gasteiger partial charge in [-0.25, -0.2) is 0 Å². The Labute approximate surface area is 66.8 Å². The Morgan fingerprint density at radius 2 is 1.45 bits per heavy atom. The largest absolute Gasteiger partial charge is 0.381 e. The minimum absolute atomic E-state index is 0.597. The SMILES string of the molecule is C1CCOC1.N=O.NCCN. The van der Waals surface area contributed by atoms with E-state index in [1.54, 1.807) is 0 Å². The van der Waals surface area contributed by atoms with Crippen LogP contribution in [0, 0.1) is 10.5 Å². The monoisotopic (exact) mass is 163 g/mol. The molecule has 0 saturated carbocycles. The summed E-state index contributed by atoms with van der Waals surface area (Å²) in [5, 5.41) is 0. The second-order valence-corrected chi connectivity index (χ2v) is 1.90. The molecule has 1 aliphatic rings. The quantitative estimate of drug-likeness (QED) is 0.474. The lowest BCUT2D eigenvalue weighted by atomic mass is 10.4. The van der Waals surface area contributed by atoms with E-state index in [-0.39, 0.29) is 0 Å². The third-order valence-electron chi connectivity index (χ3n) is 0.994. The molecule has 0 aromatic carbocycles. The second kappa shape index (κ2) is 16.2. The minimum Gasteiger partial charge on any atom is -0.381 e. The van der Waals surface area contributed by atoms with E-state index in [4.69, 9.17) is 21.1 Å². The molecule has 5 nitrogen and oxygen atoms in total. The summed E-state index contributed by atoms with van der Waals surface area (Å²) >= 11 is 0. The Bertz CT molecular complexity index is 50.2. The van der Waals surface area contributed by atoms with Crippen LogP contribution in [0.15, 0.2) is 0 Å². The van der Waals surface area contributed by atoms with E-state index >= 15 is 0 Å². The van der Waals surface area contributed by atoms with Crippen molar-refractivity contribution in [1.29, 1.82) is 5.59 Å². The number of nitroso groups, excluding NO2 is 1. The fraction of sp³-hybridized carbons (Fsp3) is 1.00. The highest BCUT2D eigenvalue weighted by Gasteiger charge is 1.94. The Morgan fingerprint density at radius 1 is 1.09 bits per heavy atom. The predicted molar refractivity (Wildman–Crippen MR) is 44.2 cm³/mol. The van der Waals surface area contributed by atoms with Crippen molar-refractivity contribution in [3.63, 3.8) is 0 Å². The molecule has 0 aliphatic carbocycles. The van der Waals surface area contributed by atoms with Gasteiger partial charge in [0.15, 0.2) is 0 Å². The third kappa shape index (κ3) is 17.7. The average Bonchev–Trinajstić information content (AvgIpc) is 2.65. The Morgan fingerprint density at radius 3 is 1.55 bits per heavy atom. The zero-order valence-electron chi connectivity index (χ0n) is 6.71. The van der Waals surface area contributed by atoms with Gasteiger partial charge in [-0.05, 0) is 12.8 Å². The summed E-state index contributed by atoms with van der Waals surface area (Å²) < 4.78 is 4.94. The lowest BCUT2D eigenvalue weighted by Crippen LogP contribution is -2.11. The maximum Gasteiger partial charge on any atom is 0.0466 e. The van der Waals surface area contributed by atoms with Crippen LogP contribution in [0.5, 0.6) is 0 Å². The van der Waals surface area contributed by atoms with E-state index < -0.39 is 0 Å². The normalized spacial score (nSPS) is 14.0. The van der Waals surface area contributed by atoms with Crippen LogP contribution in [-0.4, -0.2) is 26.3 Å². The van der Waals surface area contributed by atoms with Crippen LogP contribution < -0.4 is 11.5 Å². The maximum atomic E-state index is 7.50. The number of hydrogen-bond donors (Lipinski definition) is 3. The van der Waals surface area contributed by atoms with Crippen molar-refractivity contribution < 1.29 is 4.74 Å². The van der Waals surface area contributed by atoms with Gasteiger partial charge in [0, 0.05) is 26.3 Å². The van der Waals surface area contributed by atoms with Crippen LogP contribution in [0.2, 0.25) is 0 Å². The number of hydrogen-bond acceptors (Lipinski definition) is 5. The van der Waals surface area contributed by atoms with E-state index in [1.807, 2.05) is 0 Å². The molecule has 0 bridgehead atoms. The summed E-state index contributed by atoms with van der Waals surface area (Å²) in [4.78, 5) is 7.50. The third-order valence-corrected chi connectivity index (χ3v) is 0.994. The summed E-state index contributed by atoms with van der Waals surface area (Å²) in [5.41, 5.74) is 14.3. The van der Waals surface area contributed by atoms with E-state index in [0.29, 0.717) is 13.1 Å². The minimum atomic E-state index is 0.597. The molecule has 0 radical (unpaired) electrons. The Hall–Kier alpha value is -0.520. The van der Waals surface area contributed by atoms with Crippen molar-refractivity contribution >= 4 is 0 Å². The molecule has 0 aromatic heterocycles. The zero-order chi connectivity index (χ0) is 8.95. The Kier molecular flexibility index (Phi) is 19.3. The van der Waals surface area contributed by atoms with Gasteiger partial charge in [-0.15, -0.1) is 0 Å².